The molecule has 0 aliphatic carbocycles. The van der Waals surface area contributed by atoms with Crippen molar-refractivity contribution in [3.63, 3.8) is 0 Å². The van der Waals surface area contributed by atoms with Gasteiger partial charge in [-0.15, -0.1) is 0 Å². The van der Waals surface area contributed by atoms with E-state index in [1.165, 1.54) is 128 Å². The highest BCUT2D eigenvalue weighted by molar-refractivity contribution is 5.69. The summed E-state index contributed by atoms with van der Waals surface area (Å²) in [6.45, 7) is 15.7. The van der Waals surface area contributed by atoms with E-state index >= 15 is 0 Å². The van der Waals surface area contributed by atoms with Gasteiger partial charge in [0.1, 0.15) is 0 Å². The summed E-state index contributed by atoms with van der Waals surface area (Å²) in [7, 11) is 0. The van der Waals surface area contributed by atoms with E-state index in [0.29, 0.717) is 32.0 Å². The molecule has 6 heteroatoms. The molecular formula is C47H93NO5. The van der Waals surface area contributed by atoms with Gasteiger partial charge in [-0.1, -0.05) is 176 Å². The van der Waals surface area contributed by atoms with Crippen LogP contribution in [0.5, 0.6) is 0 Å². The maximum absolute atomic E-state index is 12.6. The van der Waals surface area contributed by atoms with Crippen molar-refractivity contribution < 1.29 is 24.2 Å². The van der Waals surface area contributed by atoms with E-state index < -0.39 is 0 Å². The molecule has 0 aromatic rings. The molecule has 0 aliphatic heterocycles. The Balaban J connectivity index is 4.19. The fourth-order valence-corrected chi connectivity index (χ4v) is 7.37. The predicted octanol–water partition coefficient (Wildman–Crippen LogP) is 13.6. The number of aliphatic hydroxyl groups excluding tert-OH is 1. The van der Waals surface area contributed by atoms with E-state index in [1.54, 1.807) is 0 Å². The van der Waals surface area contributed by atoms with Gasteiger partial charge in [0, 0.05) is 26.0 Å². The number of ether oxygens (including phenoxy) is 2. The number of nitrogens with zero attached hydrogens (tertiary/aromatic N) is 1. The van der Waals surface area contributed by atoms with Gasteiger partial charge in [-0.25, -0.2) is 0 Å². The highest BCUT2D eigenvalue weighted by Crippen LogP contribution is 2.25. The van der Waals surface area contributed by atoms with E-state index in [2.05, 4.69) is 39.5 Å². The Hall–Kier alpha value is -1.14. The minimum Gasteiger partial charge on any atom is -0.465 e. The van der Waals surface area contributed by atoms with Gasteiger partial charge >= 0.3 is 11.9 Å². The Morgan fingerprint density at radius 1 is 0.509 bits per heavy atom. The quantitative estimate of drug-likeness (QED) is 0.0494. The van der Waals surface area contributed by atoms with Gasteiger partial charge in [0.15, 0.2) is 0 Å². The molecule has 0 fully saturated rings. The van der Waals surface area contributed by atoms with Gasteiger partial charge in [0.25, 0.3) is 0 Å². The Morgan fingerprint density at radius 3 is 1.40 bits per heavy atom. The molecule has 6 nitrogen and oxygen atoms in total. The zero-order valence-electron chi connectivity index (χ0n) is 36.5. The number of hydrogen-bond acceptors (Lipinski definition) is 6. The first-order valence-electron chi connectivity index (χ1n) is 23.4. The molecule has 0 heterocycles. The molecule has 0 saturated carbocycles. The van der Waals surface area contributed by atoms with Crippen molar-refractivity contribution in [3.05, 3.63) is 0 Å². The summed E-state index contributed by atoms with van der Waals surface area (Å²) < 4.78 is 11.5. The van der Waals surface area contributed by atoms with Crippen molar-refractivity contribution >= 4 is 11.9 Å². The number of rotatable bonds is 42. The fourth-order valence-electron chi connectivity index (χ4n) is 7.37. The maximum Gasteiger partial charge on any atom is 0.305 e. The summed E-state index contributed by atoms with van der Waals surface area (Å²) in [5, 5.41) is 9.43. The monoisotopic (exact) mass is 752 g/mol. The van der Waals surface area contributed by atoms with Crippen LogP contribution in [0.25, 0.3) is 0 Å². The van der Waals surface area contributed by atoms with Crippen LogP contribution in [0, 0.1) is 11.3 Å². The summed E-state index contributed by atoms with van der Waals surface area (Å²) in [4.78, 5) is 27.4. The molecule has 316 valence electrons. The van der Waals surface area contributed by atoms with Gasteiger partial charge < -0.3 is 19.5 Å². The highest BCUT2D eigenvalue weighted by atomic mass is 16.5. The smallest absolute Gasteiger partial charge is 0.305 e. The number of hydrogen-bond donors (Lipinski definition) is 1. The van der Waals surface area contributed by atoms with Gasteiger partial charge in [0.05, 0.1) is 13.2 Å². The molecule has 53 heavy (non-hydrogen) atoms. The molecule has 0 atom stereocenters. The lowest BCUT2D eigenvalue weighted by molar-refractivity contribution is -0.147. The number of carbonyl (C=O) groups is 2. The second-order valence-corrected chi connectivity index (χ2v) is 17.3. The van der Waals surface area contributed by atoms with Gasteiger partial charge in [-0.3, -0.25) is 9.59 Å². The normalized spacial score (nSPS) is 11.9. The predicted molar refractivity (Wildman–Crippen MR) is 227 cm³/mol. The van der Waals surface area contributed by atoms with Crippen molar-refractivity contribution in [2.45, 2.75) is 240 Å². The number of carbonyl (C=O) groups excluding carboxylic acids is 2. The molecule has 0 aliphatic rings. The third-order valence-electron chi connectivity index (χ3n) is 11.1. The van der Waals surface area contributed by atoms with Crippen molar-refractivity contribution in [2.24, 2.45) is 11.3 Å². The second-order valence-electron chi connectivity index (χ2n) is 17.3. The van der Waals surface area contributed by atoms with Gasteiger partial charge in [0.2, 0.25) is 0 Å². The van der Waals surface area contributed by atoms with Crippen molar-refractivity contribution in [2.75, 3.05) is 39.5 Å². The largest absolute Gasteiger partial charge is 0.465 e. The fraction of sp³-hybridized carbons (Fsp3) is 0.957. The number of unbranched alkanes of at least 4 members (excludes halogenated alkanes) is 21. The van der Waals surface area contributed by atoms with Crippen LogP contribution in [-0.4, -0.2) is 61.4 Å². The summed E-state index contributed by atoms with van der Waals surface area (Å²) in [5.41, 5.74) is 0.0155. The van der Waals surface area contributed by atoms with E-state index in [9.17, 15) is 14.7 Å². The zero-order chi connectivity index (χ0) is 39.1. The first kappa shape index (κ1) is 51.9. The van der Waals surface area contributed by atoms with Crippen LogP contribution in [0.2, 0.25) is 0 Å². The molecule has 0 radical (unpaired) electrons. The van der Waals surface area contributed by atoms with Gasteiger partial charge in [-0.05, 0) is 75.8 Å². The lowest BCUT2D eigenvalue weighted by Crippen LogP contribution is -2.28. The van der Waals surface area contributed by atoms with Crippen LogP contribution < -0.4 is 0 Å². The Morgan fingerprint density at radius 2 is 0.906 bits per heavy atom. The first-order valence-corrected chi connectivity index (χ1v) is 23.4. The third kappa shape index (κ3) is 37.6. The SMILES string of the molecule is CCCCCCCCCC(=O)OCC(C)(C)CCCCCN(CCCO)CCCCCCC(=O)OCC(CCCCCCCC)CCCCCCCC. The van der Waals surface area contributed by atoms with Crippen molar-refractivity contribution in [3.8, 4) is 0 Å². The van der Waals surface area contributed by atoms with Crippen LogP contribution in [-0.2, 0) is 19.1 Å². The molecule has 0 rings (SSSR count). The summed E-state index contributed by atoms with van der Waals surface area (Å²) in [6.07, 6.45) is 37.5. The summed E-state index contributed by atoms with van der Waals surface area (Å²) in [5.74, 6) is 0.490. The Kier molecular flexibility index (Phi) is 38.3. The maximum atomic E-state index is 12.6. The molecular weight excluding hydrogens is 659 g/mol. The Labute approximate surface area is 331 Å². The third-order valence-corrected chi connectivity index (χ3v) is 11.1. The van der Waals surface area contributed by atoms with E-state index in [0.717, 1.165) is 83.8 Å². The van der Waals surface area contributed by atoms with E-state index in [1.807, 2.05) is 0 Å². The van der Waals surface area contributed by atoms with E-state index in [4.69, 9.17) is 9.47 Å². The molecule has 0 unspecified atom stereocenters. The average molecular weight is 752 g/mol. The minimum atomic E-state index is -0.0348. The van der Waals surface area contributed by atoms with Gasteiger partial charge in [-0.2, -0.15) is 0 Å². The number of esters is 2. The Bertz CT molecular complexity index is 771. The molecule has 0 saturated heterocycles. The molecule has 0 aromatic heterocycles. The first-order chi connectivity index (χ1) is 25.8. The standard InChI is InChI=1S/C47H93NO5/c1-6-9-12-15-18-21-27-36-46(51)53-43-47(4,5)37-29-24-31-39-48(40-32-41-49)38-30-23-22-28-35-45(50)52-42-44(33-25-19-16-13-10-7-2)34-26-20-17-14-11-8-3/h44,49H,6-43H2,1-5H3. The highest BCUT2D eigenvalue weighted by Gasteiger charge is 2.20. The van der Waals surface area contributed by atoms with Crippen LogP contribution in [0.15, 0.2) is 0 Å². The van der Waals surface area contributed by atoms with Crippen LogP contribution in [0.3, 0.4) is 0 Å². The molecule has 0 amide bonds. The van der Waals surface area contributed by atoms with Crippen molar-refractivity contribution in [1.82, 2.24) is 4.90 Å². The van der Waals surface area contributed by atoms with Crippen LogP contribution in [0.1, 0.15) is 240 Å². The minimum absolute atomic E-state index is 0.00435. The topological polar surface area (TPSA) is 76.1 Å². The molecule has 1 N–H and O–H groups in total. The summed E-state index contributed by atoms with van der Waals surface area (Å²) >= 11 is 0. The van der Waals surface area contributed by atoms with Crippen LogP contribution >= 0.6 is 0 Å². The zero-order valence-corrected chi connectivity index (χ0v) is 36.5. The van der Waals surface area contributed by atoms with Crippen molar-refractivity contribution in [1.29, 1.82) is 0 Å². The lowest BCUT2D eigenvalue weighted by Gasteiger charge is -2.25. The second kappa shape index (κ2) is 39.1. The average Bonchev–Trinajstić information content (AvgIpc) is 3.14. The number of aliphatic hydroxyl groups is 1. The van der Waals surface area contributed by atoms with E-state index in [-0.39, 0.29) is 24.0 Å². The molecule has 0 spiro atoms. The molecule has 0 bridgehead atoms. The lowest BCUT2D eigenvalue weighted by atomic mass is 9.88. The molecule has 0 aromatic carbocycles. The summed E-state index contributed by atoms with van der Waals surface area (Å²) in [6, 6.07) is 0. The van der Waals surface area contributed by atoms with Crippen LogP contribution in [0.4, 0.5) is 0 Å².